The van der Waals surface area contributed by atoms with Gasteiger partial charge in [0.05, 0.1) is 5.60 Å². The molecular formula is C25H35NO. The average molecular weight is 366 g/mol. The van der Waals surface area contributed by atoms with E-state index in [4.69, 9.17) is 0 Å². The van der Waals surface area contributed by atoms with Gasteiger partial charge < -0.3 is 10.0 Å². The molecular weight excluding hydrogens is 330 g/mol. The first-order chi connectivity index (χ1) is 12.9. The van der Waals surface area contributed by atoms with Gasteiger partial charge in [-0.1, -0.05) is 48.5 Å². The third-order valence-corrected chi connectivity index (χ3v) is 6.50. The van der Waals surface area contributed by atoms with Gasteiger partial charge in [-0.15, -0.1) is 0 Å². The zero-order valence-electron chi connectivity index (χ0n) is 17.4. The van der Waals surface area contributed by atoms with Crippen LogP contribution in [0.5, 0.6) is 0 Å². The van der Waals surface area contributed by atoms with Crippen LogP contribution in [0.1, 0.15) is 47.9 Å². The second-order valence-electron chi connectivity index (χ2n) is 8.85. The van der Waals surface area contributed by atoms with Crippen molar-refractivity contribution in [3.05, 3.63) is 70.8 Å². The Hall–Kier alpha value is -1.64. The maximum Gasteiger partial charge on any atom is 0.0937 e. The van der Waals surface area contributed by atoms with Crippen molar-refractivity contribution in [2.75, 3.05) is 20.6 Å². The highest BCUT2D eigenvalue weighted by atomic mass is 16.3. The molecule has 3 atom stereocenters. The minimum Gasteiger partial charge on any atom is -0.385 e. The maximum absolute atomic E-state index is 11.7. The van der Waals surface area contributed by atoms with Crippen LogP contribution in [-0.2, 0) is 12.0 Å². The average Bonchev–Trinajstić information content (AvgIpc) is 2.65. The summed E-state index contributed by atoms with van der Waals surface area (Å²) in [5.74, 6) is 0.978. The normalized spacial score (nSPS) is 25.7. The number of aliphatic hydroxyl groups is 1. The minimum atomic E-state index is -0.702. The maximum atomic E-state index is 11.7. The van der Waals surface area contributed by atoms with E-state index in [1.807, 2.05) is 0 Å². The number of hydrogen-bond acceptors (Lipinski definition) is 2. The highest BCUT2D eigenvalue weighted by Crippen LogP contribution is 2.45. The first-order valence-electron chi connectivity index (χ1n) is 10.4. The highest BCUT2D eigenvalue weighted by molar-refractivity contribution is 5.34. The van der Waals surface area contributed by atoms with Crippen LogP contribution in [0.3, 0.4) is 0 Å². The second kappa shape index (κ2) is 8.58. The lowest BCUT2D eigenvalue weighted by Crippen LogP contribution is -2.45. The molecule has 27 heavy (non-hydrogen) atoms. The van der Waals surface area contributed by atoms with Crippen molar-refractivity contribution < 1.29 is 5.11 Å². The van der Waals surface area contributed by atoms with Crippen molar-refractivity contribution in [3.8, 4) is 0 Å². The fourth-order valence-electron chi connectivity index (χ4n) is 4.68. The Kier molecular flexibility index (Phi) is 6.39. The van der Waals surface area contributed by atoms with Gasteiger partial charge in [-0.25, -0.2) is 0 Å². The van der Waals surface area contributed by atoms with Gasteiger partial charge in [0.2, 0.25) is 0 Å². The zero-order chi connectivity index (χ0) is 19.4. The van der Waals surface area contributed by atoms with E-state index < -0.39 is 5.60 Å². The monoisotopic (exact) mass is 365 g/mol. The third kappa shape index (κ3) is 4.80. The van der Waals surface area contributed by atoms with E-state index in [9.17, 15) is 5.11 Å². The van der Waals surface area contributed by atoms with Crippen LogP contribution in [0.4, 0.5) is 0 Å². The summed E-state index contributed by atoms with van der Waals surface area (Å²) in [6.07, 6.45) is 5.45. The van der Waals surface area contributed by atoms with Crippen LogP contribution >= 0.6 is 0 Å². The smallest absolute Gasteiger partial charge is 0.0937 e. The predicted octanol–water partition coefficient (Wildman–Crippen LogP) is 5.10. The summed E-state index contributed by atoms with van der Waals surface area (Å²) in [4.78, 5) is 2.23. The number of nitrogens with zero attached hydrogens (tertiary/aromatic N) is 1. The summed E-state index contributed by atoms with van der Waals surface area (Å²) in [5.41, 5.74) is 4.40. The molecule has 1 N–H and O–H groups in total. The van der Waals surface area contributed by atoms with Crippen molar-refractivity contribution in [1.82, 2.24) is 4.90 Å². The molecule has 3 unspecified atom stereocenters. The van der Waals surface area contributed by atoms with Gasteiger partial charge in [0.15, 0.2) is 0 Å². The van der Waals surface area contributed by atoms with E-state index in [1.54, 1.807) is 0 Å². The van der Waals surface area contributed by atoms with E-state index in [0.717, 1.165) is 37.8 Å². The van der Waals surface area contributed by atoms with E-state index in [-0.39, 0.29) is 5.92 Å². The minimum absolute atomic E-state index is 0.282. The lowest BCUT2D eigenvalue weighted by Gasteiger charge is -2.45. The molecule has 2 aromatic carbocycles. The molecule has 0 aromatic heterocycles. The molecule has 0 aliphatic heterocycles. The van der Waals surface area contributed by atoms with Crippen molar-refractivity contribution in [2.24, 2.45) is 11.8 Å². The molecule has 0 amide bonds. The molecule has 1 aliphatic rings. The van der Waals surface area contributed by atoms with Crippen molar-refractivity contribution in [3.63, 3.8) is 0 Å². The molecule has 2 heteroatoms. The molecule has 3 rings (SSSR count). The third-order valence-electron chi connectivity index (χ3n) is 6.50. The van der Waals surface area contributed by atoms with Gasteiger partial charge in [-0.3, -0.25) is 0 Å². The largest absolute Gasteiger partial charge is 0.385 e. The summed E-state index contributed by atoms with van der Waals surface area (Å²) in [6, 6.07) is 17.3. The van der Waals surface area contributed by atoms with Crippen LogP contribution in [0, 0.1) is 25.7 Å². The molecule has 1 saturated carbocycles. The quantitative estimate of drug-likeness (QED) is 0.770. The zero-order valence-corrected chi connectivity index (χ0v) is 17.4. The molecule has 1 aliphatic carbocycles. The topological polar surface area (TPSA) is 23.5 Å². The molecule has 146 valence electrons. The van der Waals surface area contributed by atoms with Crippen LogP contribution in [0.25, 0.3) is 0 Å². The lowest BCUT2D eigenvalue weighted by molar-refractivity contribution is -0.0761. The first-order valence-corrected chi connectivity index (χ1v) is 10.4. The number of benzene rings is 2. The number of aryl methyl sites for hydroxylation is 3. The summed E-state index contributed by atoms with van der Waals surface area (Å²) < 4.78 is 0. The van der Waals surface area contributed by atoms with Gasteiger partial charge >= 0.3 is 0 Å². The fourth-order valence-corrected chi connectivity index (χ4v) is 4.68. The summed E-state index contributed by atoms with van der Waals surface area (Å²) in [5, 5.41) is 11.7. The van der Waals surface area contributed by atoms with E-state index >= 15 is 0 Å². The SMILES string of the molecule is Cc1ccc(C2(O)CCC(CCc3ccccc3)CC2CN(C)C)cc1C. The van der Waals surface area contributed by atoms with Crippen LogP contribution in [0.15, 0.2) is 48.5 Å². The Morgan fingerprint density at radius 2 is 1.78 bits per heavy atom. The molecule has 1 fully saturated rings. The Morgan fingerprint density at radius 1 is 1.04 bits per heavy atom. The van der Waals surface area contributed by atoms with E-state index in [1.165, 1.54) is 23.1 Å². The molecule has 0 bridgehead atoms. The molecule has 0 radical (unpaired) electrons. The molecule has 0 spiro atoms. The van der Waals surface area contributed by atoms with Gasteiger partial charge in [-0.05, 0) is 88.2 Å². The van der Waals surface area contributed by atoms with Crippen molar-refractivity contribution >= 4 is 0 Å². The van der Waals surface area contributed by atoms with Gasteiger partial charge in [0.25, 0.3) is 0 Å². The summed E-state index contributed by atoms with van der Waals surface area (Å²) in [6.45, 7) is 5.22. The molecule has 2 nitrogen and oxygen atoms in total. The standard InChI is InChI=1S/C25H35NO/c1-19-10-13-23(16-20(19)2)25(27)15-14-22(17-24(25)18-26(3)4)12-11-21-8-6-5-7-9-21/h5-10,13,16,22,24,27H,11-12,14-15,17-18H2,1-4H3. The van der Waals surface area contributed by atoms with Gasteiger partial charge in [-0.2, -0.15) is 0 Å². The highest BCUT2D eigenvalue weighted by Gasteiger charge is 2.43. The van der Waals surface area contributed by atoms with Crippen molar-refractivity contribution in [2.45, 2.75) is 51.6 Å². The Labute approximate surface area is 165 Å². The Bertz CT molecular complexity index is 739. The van der Waals surface area contributed by atoms with Crippen LogP contribution < -0.4 is 0 Å². The van der Waals surface area contributed by atoms with Gasteiger partial charge in [0.1, 0.15) is 0 Å². The number of hydrogen-bond donors (Lipinski definition) is 1. The van der Waals surface area contributed by atoms with E-state index in [0.29, 0.717) is 5.92 Å². The van der Waals surface area contributed by atoms with Gasteiger partial charge in [0, 0.05) is 12.5 Å². The molecule has 2 aromatic rings. The van der Waals surface area contributed by atoms with Crippen molar-refractivity contribution in [1.29, 1.82) is 0 Å². The van der Waals surface area contributed by atoms with E-state index in [2.05, 4.69) is 81.4 Å². The van der Waals surface area contributed by atoms with Crippen LogP contribution in [0.2, 0.25) is 0 Å². The Balaban J connectivity index is 1.75. The fraction of sp³-hybridized carbons (Fsp3) is 0.520. The second-order valence-corrected chi connectivity index (χ2v) is 8.85. The lowest BCUT2D eigenvalue weighted by atomic mass is 9.66. The predicted molar refractivity (Wildman–Crippen MR) is 114 cm³/mol. The summed E-state index contributed by atoms with van der Waals surface area (Å²) >= 11 is 0. The molecule has 0 saturated heterocycles. The number of rotatable bonds is 6. The van der Waals surface area contributed by atoms with Crippen LogP contribution in [-0.4, -0.2) is 30.6 Å². The first kappa shape index (κ1) is 20.1. The summed E-state index contributed by atoms with van der Waals surface area (Å²) in [7, 11) is 4.24. The molecule has 0 heterocycles. The Morgan fingerprint density at radius 3 is 2.44 bits per heavy atom.